The zero-order valence-corrected chi connectivity index (χ0v) is 11.3. The summed E-state index contributed by atoms with van der Waals surface area (Å²) in [6.07, 6.45) is 3.43. The van der Waals surface area contributed by atoms with Gasteiger partial charge in [-0.3, -0.25) is 0 Å². The van der Waals surface area contributed by atoms with E-state index in [4.69, 9.17) is 40.1 Å². The molecule has 0 amide bonds. The quantitative estimate of drug-likeness (QED) is 0.782. The molecule has 0 fully saturated rings. The van der Waals surface area contributed by atoms with Crippen molar-refractivity contribution < 1.29 is 0 Å². The third-order valence-corrected chi connectivity index (χ3v) is 3.24. The summed E-state index contributed by atoms with van der Waals surface area (Å²) in [6, 6.07) is 5.23. The van der Waals surface area contributed by atoms with Crippen LogP contribution in [0.5, 0.6) is 0 Å². The Kier molecular flexibility index (Phi) is 4.03. The number of rotatable bonds is 2. The van der Waals surface area contributed by atoms with Crippen LogP contribution in [0.2, 0.25) is 15.1 Å². The van der Waals surface area contributed by atoms with Crippen molar-refractivity contribution in [2.45, 2.75) is 6.42 Å². The molecule has 0 atom stereocenters. The van der Waals surface area contributed by atoms with E-state index in [1.807, 2.05) is 6.07 Å². The molecule has 3 nitrogen and oxygen atoms in total. The Morgan fingerprint density at radius 1 is 1.11 bits per heavy atom. The SMILES string of the molecule is N#CCc1cnc(-c2cc(Cl)cc(Cl)c2Cl)nc1. The third-order valence-electron chi connectivity index (χ3n) is 2.22. The van der Waals surface area contributed by atoms with Crippen LogP contribution >= 0.6 is 34.8 Å². The molecule has 2 aromatic rings. The predicted octanol–water partition coefficient (Wildman–Crippen LogP) is 4.17. The lowest BCUT2D eigenvalue weighted by atomic mass is 10.2. The maximum absolute atomic E-state index is 8.56. The molecule has 1 aromatic heterocycles. The van der Waals surface area contributed by atoms with E-state index in [0.29, 0.717) is 26.5 Å². The minimum Gasteiger partial charge on any atom is -0.236 e. The van der Waals surface area contributed by atoms with Gasteiger partial charge in [-0.05, 0) is 12.1 Å². The van der Waals surface area contributed by atoms with E-state index >= 15 is 0 Å². The number of hydrogen-bond donors (Lipinski definition) is 0. The fourth-order valence-corrected chi connectivity index (χ4v) is 2.08. The van der Waals surface area contributed by atoms with Crippen molar-refractivity contribution in [2.75, 3.05) is 0 Å². The number of aromatic nitrogens is 2. The monoisotopic (exact) mass is 297 g/mol. The molecule has 1 heterocycles. The zero-order chi connectivity index (χ0) is 13.1. The molecule has 18 heavy (non-hydrogen) atoms. The lowest BCUT2D eigenvalue weighted by Crippen LogP contribution is -1.93. The minimum absolute atomic E-state index is 0.268. The molecule has 0 spiro atoms. The van der Waals surface area contributed by atoms with Gasteiger partial charge >= 0.3 is 0 Å². The summed E-state index contributed by atoms with van der Waals surface area (Å²) in [5.74, 6) is 0.422. The Labute approximate surface area is 119 Å². The molecule has 0 aliphatic heterocycles. The zero-order valence-electron chi connectivity index (χ0n) is 8.99. The van der Waals surface area contributed by atoms with Crippen LogP contribution in [0.1, 0.15) is 5.56 Å². The van der Waals surface area contributed by atoms with Crippen molar-refractivity contribution in [1.82, 2.24) is 9.97 Å². The first-order valence-electron chi connectivity index (χ1n) is 4.94. The topological polar surface area (TPSA) is 49.6 Å². The smallest absolute Gasteiger partial charge is 0.160 e. The van der Waals surface area contributed by atoms with Gasteiger partial charge in [0.25, 0.3) is 0 Å². The van der Waals surface area contributed by atoms with Gasteiger partial charge in [0.05, 0.1) is 22.5 Å². The van der Waals surface area contributed by atoms with E-state index in [1.54, 1.807) is 24.5 Å². The average Bonchev–Trinajstić information content (AvgIpc) is 2.35. The second-order valence-electron chi connectivity index (χ2n) is 3.50. The van der Waals surface area contributed by atoms with Gasteiger partial charge in [-0.2, -0.15) is 5.26 Å². The number of benzene rings is 1. The van der Waals surface area contributed by atoms with Crippen molar-refractivity contribution in [1.29, 1.82) is 5.26 Å². The van der Waals surface area contributed by atoms with Crippen molar-refractivity contribution in [3.63, 3.8) is 0 Å². The number of nitriles is 1. The second-order valence-corrected chi connectivity index (χ2v) is 4.72. The summed E-state index contributed by atoms with van der Waals surface area (Å²) in [4.78, 5) is 8.29. The summed E-state index contributed by atoms with van der Waals surface area (Å²) in [5, 5.41) is 9.73. The Hall–Kier alpha value is -1.34. The number of nitrogens with zero attached hydrogens (tertiary/aromatic N) is 3. The first-order chi connectivity index (χ1) is 8.61. The van der Waals surface area contributed by atoms with Gasteiger partial charge in [0.1, 0.15) is 0 Å². The predicted molar refractivity (Wildman–Crippen MR) is 71.8 cm³/mol. The highest BCUT2D eigenvalue weighted by Crippen LogP contribution is 2.34. The summed E-state index contributed by atoms with van der Waals surface area (Å²) in [6.45, 7) is 0. The molecule has 6 heteroatoms. The molecule has 2 rings (SSSR count). The first-order valence-corrected chi connectivity index (χ1v) is 6.08. The van der Waals surface area contributed by atoms with Crippen LogP contribution in [-0.4, -0.2) is 9.97 Å². The van der Waals surface area contributed by atoms with Gasteiger partial charge in [-0.15, -0.1) is 0 Å². The largest absolute Gasteiger partial charge is 0.236 e. The van der Waals surface area contributed by atoms with Crippen LogP contribution in [0.25, 0.3) is 11.4 Å². The molecule has 0 saturated heterocycles. The van der Waals surface area contributed by atoms with Crippen LogP contribution in [0.4, 0.5) is 0 Å². The fourth-order valence-electron chi connectivity index (χ4n) is 1.40. The molecule has 0 unspecified atom stereocenters. The molecule has 0 N–H and O–H groups in total. The van der Waals surface area contributed by atoms with Crippen molar-refractivity contribution in [2.24, 2.45) is 0 Å². The van der Waals surface area contributed by atoms with E-state index in [0.717, 1.165) is 5.56 Å². The fraction of sp³-hybridized carbons (Fsp3) is 0.0833. The number of halogens is 3. The molecular weight excluding hydrogens is 293 g/mol. The van der Waals surface area contributed by atoms with Crippen LogP contribution in [0.15, 0.2) is 24.5 Å². The molecule has 0 bridgehead atoms. The van der Waals surface area contributed by atoms with Crippen molar-refractivity contribution >= 4 is 34.8 Å². The highest BCUT2D eigenvalue weighted by molar-refractivity contribution is 6.44. The highest BCUT2D eigenvalue weighted by Gasteiger charge is 2.11. The van der Waals surface area contributed by atoms with Crippen LogP contribution < -0.4 is 0 Å². The molecular formula is C12H6Cl3N3. The second kappa shape index (κ2) is 5.53. The number of hydrogen-bond acceptors (Lipinski definition) is 3. The molecule has 1 aromatic carbocycles. The Balaban J connectivity index is 2.46. The van der Waals surface area contributed by atoms with Gasteiger partial charge in [0, 0.05) is 28.5 Å². The van der Waals surface area contributed by atoms with Crippen molar-refractivity contribution in [3.8, 4) is 17.5 Å². The van der Waals surface area contributed by atoms with Crippen LogP contribution in [0.3, 0.4) is 0 Å². The molecule has 0 radical (unpaired) electrons. The first kappa shape index (κ1) is 13.1. The Bertz CT molecular complexity index is 618. The molecule has 90 valence electrons. The van der Waals surface area contributed by atoms with Crippen molar-refractivity contribution in [3.05, 3.63) is 45.2 Å². The normalized spacial score (nSPS) is 10.1. The lowest BCUT2D eigenvalue weighted by Gasteiger charge is -2.05. The van der Waals surface area contributed by atoms with Gasteiger partial charge < -0.3 is 0 Å². The van der Waals surface area contributed by atoms with Gasteiger partial charge in [0.15, 0.2) is 5.82 Å². The lowest BCUT2D eigenvalue weighted by molar-refractivity contribution is 1.10. The molecule has 0 aliphatic rings. The average molecular weight is 299 g/mol. The Morgan fingerprint density at radius 2 is 1.78 bits per heavy atom. The summed E-state index contributed by atoms with van der Waals surface area (Å²) < 4.78 is 0. The maximum atomic E-state index is 8.56. The third kappa shape index (κ3) is 2.73. The van der Waals surface area contributed by atoms with Gasteiger partial charge in [-0.25, -0.2) is 9.97 Å². The molecule has 0 saturated carbocycles. The van der Waals surface area contributed by atoms with Crippen LogP contribution in [0, 0.1) is 11.3 Å². The summed E-state index contributed by atoms with van der Waals surface area (Å²) >= 11 is 17.9. The maximum Gasteiger partial charge on any atom is 0.160 e. The van der Waals surface area contributed by atoms with E-state index in [-0.39, 0.29) is 6.42 Å². The summed E-state index contributed by atoms with van der Waals surface area (Å²) in [5.41, 5.74) is 1.31. The van der Waals surface area contributed by atoms with E-state index in [1.165, 1.54) is 0 Å². The Morgan fingerprint density at radius 3 is 2.39 bits per heavy atom. The standard InChI is InChI=1S/C12H6Cl3N3/c13-8-3-9(11(15)10(14)4-8)12-17-5-7(1-2-16)6-18-12/h3-6H,1H2. The highest BCUT2D eigenvalue weighted by atomic mass is 35.5. The minimum atomic E-state index is 0.268. The van der Waals surface area contributed by atoms with Crippen LogP contribution in [-0.2, 0) is 6.42 Å². The summed E-state index contributed by atoms with van der Waals surface area (Å²) in [7, 11) is 0. The molecule has 0 aliphatic carbocycles. The van der Waals surface area contributed by atoms with Gasteiger partial charge in [0.2, 0.25) is 0 Å². The van der Waals surface area contributed by atoms with E-state index in [2.05, 4.69) is 9.97 Å². The van der Waals surface area contributed by atoms with E-state index < -0.39 is 0 Å². The van der Waals surface area contributed by atoms with Gasteiger partial charge in [-0.1, -0.05) is 34.8 Å². The van der Waals surface area contributed by atoms with E-state index in [9.17, 15) is 0 Å².